The van der Waals surface area contributed by atoms with Crippen molar-refractivity contribution in [3.05, 3.63) is 0 Å². The fourth-order valence-corrected chi connectivity index (χ4v) is 0.298. The molecule has 0 radical (unpaired) electrons. The average Bonchev–Trinajstić information content (AvgIpc) is 1.64. The summed E-state index contributed by atoms with van der Waals surface area (Å²) >= 11 is -2.11. The molecule has 0 fully saturated rings. The molecule has 0 aromatic carbocycles. The first-order chi connectivity index (χ1) is 3.55. The number of carbonyl (C=O) groups excluding carboxylic acids is 1. The van der Waals surface area contributed by atoms with Gasteiger partial charge in [0, 0.05) is 0 Å². The van der Waals surface area contributed by atoms with Crippen molar-refractivity contribution >= 4 is 17.0 Å². The van der Waals surface area contributed by atoms with Crippen molar-refractivity contribution in [2.75, 3.05) is 0 Å². The predicted molar refractivity (Wildman–Crippen MR) is 29.4 cm³/mol. The van der Waals surface area contributed by atoms with Gasteiger partial charge in [-0.1, -0.05) is 0 Å². The fraction of sp³-hybridized carbons (Fsp3) is 0.667. The molecule has 8 heavy (non-hydrogen) atoms. The van der Waals surface area contributed by atoms with Crippen LogP contribution in [0.5, 0.6) is 0 Å². The number of amides is 1. The number of rotatable bonds is 2. The lowest BCUT2D eigenvalue weighted by atomic mass is 10.5. The van der Waals surface area contributed by atoms with Crippen LogP contribution < -0.4 is 5.73 Å². The maximum Gasteiger partial charge on any atom is 0.235 e. The van der Waals surface area contributed by atoms with Gasteiger partial charge in [0.15, 0.2) is 11.1 Å². The van der Waals surface area contributed by atoms with Gasteiger partial charge in [-0.3, -0.25) is 4.79 Å². The second kappa shape index (κ2) is 2.78. The number of carbonyl (C=O) groups is 1. The molecule has 5 heteroatoms. The smallest absolute Gasteiger partial charge is 0.235 e. The third-order valence-electron chi connectivity index (χ3n) is 0.703. The summed E-state index contributed by atoms with van der Waals surface area (Å²) in [6.07, 6.45) is 0. The van der Waals surface area contributed by atoms with E-state index in [9.17, 15) is 9.00 Å². The van der Waals surface area contributed by atoms with Gasteiger partial charge >= 0.3 is 0 Å². The highest BCUT2D eigenvalue weighted by Gasteiger charge is 2.13. The quantitative estimate of drug-likeness (QED) is 0.483. The van der Waals surface area contributed by atoms with E-state index >= 15 is 0 Å². The fourth-order valence-electron chi connectivity index (χ4n) is 0.0994. The Morgan fingerprint density at radius 3 is 2.25 bits per heavy atom. The van der Waals surface area contributed by atoms with Crippen LogP contribution in [0.4, 0.5) is 0 Å². The van der Waals surface area contributed by atoms with Crippen molar-refractivity contribution in [1.29, 1.82) is 0 Å². The van der Waals surface area contributed by atoms with E-state index in [1.807, 2.05) is 0 Å². The van der Waals surface area contributed by atoms with E-state index < -0.39 is 22.2 Å². The molecule has 0 aromatic heterocycles. The van der Waals surface area contributed by atoms with Crippen LogP contribution >= 0.6 is 0 Å². The zero-order valence-electron chi connectivity index (χ0n) is 4.33. The highest BCUT2D eigenvalue weighted by Crippen LogP contribution is 1.87. The highest BCUT2D eigenvalue weighted by molar-refractivity contribution is 7.80. The molecule has 0 rings (SSSR count). The molecule has 0 spiro atoms. The summed E-state index contributed by atoms with van der Waals surface area (Å²) in [7, 11) is 0. The number of hydrogen-bond donors (Lipinski definition) is 2. The molecule has 1 amide bonds. The van der Waals surface area contributed by atoms with Gasteiger partial charge in [0.2, 0.25) is 5.91 Å². The molecule has 0 heterocycles. The van der Waals surface area contributed by atoms with Crippen molar-refractivity contribution < 1.29 is 13.6 Å². The molecule has 0 aliphatic rings. The van der Waals surface area contributed by atoms with Crippen LogP contribution in [0.25, 0.3) is 0 Å². The van der Waals surface area contributed by atoms with Crippen molar-refractivity contribution in [3.63, 3.8) is 0 Å². The Labute approximate surface area is 49.3 Å². The molecular weight excluding hydrogens is 130 g/mol. The van der Waals surface area contributed by atoms with Gasteiger partial charge in [-0.2, -0.15) is 0 Å². The Balaban J connectivity index is 3.83. The summed E-state index contributed by atoms with van der Waals surface area (Å²) in [6.45, 7) is 1.29. The average molecular weight is 137 g/mol. The first-order valence-corrected chi connectivity index (χ1v) is 3.11. The Kier molecular flexibility index (Phi) is 2.64. The van der Waals surface area contributed by atoms with Gasteiger partial charge in [-0.15, -0.1) is 0 Å². The number of primary amides is 1. The van der Waals surface area contributed by atoms with Gasteiger partial charge in [0.05, 0.1) is 0 Å². The topological polar surface area (TPSA) is 80.4 Å². The first kappa shape index (κ1) is 7.58. The summed E-state index contributed by atoms with van der Waals surface area (Å²) in [5.41, 5.74) is 4.64. The minimum Gasteiger partial charge on any atom is -0.369 e. The maximum atomic E-state index is 10.0. The predicted octanol–water partition coefficient (Wildman–Crippen LogP) is -0.918. The van der Waals surface area contributed by atoms with Gasteiger partial charge in [0.25, 0.3) is 0 Å². The molecule has 4 nitrogen and oxygen atoms in total. The molecule has 0 saturated heterocycles. The summed E-state index contributed by atoms with van der Waals surface area (Å²) < 4.78 is 18.1. The maximum absolute atomic E-state index is 10.0. The molecule has 0 aliphatic heterocycles. The van der Waals surface area contributed by atoms with Crippen LogP contribution in [0, 0.1) is 0 Å². The molecule has 48 valence electrons. The van der Waals surface area contributed by atoms with E-state index in [0.717, 1.165) is 0 Å². The largest absolute Gasteiger partial charge is 0.369 e. The molecule has 2 unspecified atom stereocenters. The Hall–Kier alpha value is -0.420. The minimum absolute atomic E-state index is 0.758. The van der Waals surface area contributed by atoms with E-state index in [-0.39, 0.29) is 0 Å². The number of nitrogens with two attached hydrogens (primary N) is 1. The monoisotopic (exact) mass is 137 g/mol. The van der Waals surface area contributed by atoms with Crippen molar-refractivity contribution in [2.45, 2.75) is 12.2 Å². The van der Waals surface area contributed by atoms with Crippen LogP contribution in [0.15, 0.2) is 0 Å². The molecule has 0 bridgehead atoms. The lowest BCUT2D eigenvalue weighted by molar-refractivity contribution is -0.117. The molecule has 3 N–H and O–H groups in total. The molecule has 0 aliphatic carbocycles. The third kappa shape index (κ3) is 2.04. The zero-order chi connectivity index (χ0) is 6.73. The van der Waals surface area contributed by atoms with Crippen LogP contribution in [-0.2, 0) is 15.9 Å². The SMILES string of the molecule is CC(C(N)=O)S(=O)O. The minimum atomic E-state index is -2.11. The summed E-state index contributed by atoms with van der Waals surface area (Å²) in [6, 6.07) is 0. The Bertz CT molecular complexity index is 110. The lowest BCUT2D eigenvalue weighted by Gasteiger charge is -1.97. The molecular formula is C3H7NO3S. The van der Waals surface area contributed by atoms with Crippen LogP contribution in [-0.4, -0.2) is 19.9 Å². The van der Waals surface area contributed by atoms with Crippen molar-refractivity contribution in [3.8, 4) is 0 Å². The molecule has 0 saturated carbocycles. The third-order valence-corrected chi connectivity index (χ3v) is 1.54. The van der Waals surface area contributed by atoms with E-state index in [2.05, 4.69) is 5.73 Å². The highest BCUT2D eigenvalue weighted by atomic mass is 32.2. The van der Waals surface area contributed by atoms with Crippen molar-refractivity contribution in [1.82, 2.24) is 0 Å². The molecule has 2 atom stereocenters. The van der Waals surface area contributed by atoms with E-state index in [1.54, 1.807) is 0 Å². The van der Waals surface area contributed by atoms with Gasteiger partial charge < -0.3 is 10.3 Å². The summed E-state index contributed by atoms with van der Waals surface area (Å²) in [5, 5.41) is -0.963. The summed E-state index contributed by atoms with van der Waals surface area (Å²) in [5.74, 6) is -0.758. The second-order valence-corrected chi connectivity index (χ2v) is 2.58. The number of hydrogen-bond acceptors (Lipinski definition) is 2. The standard InChI is InChI=1S/C3H7NO3S/c1-2(3(4)5)8(6)7/h2H,1H3,(H2,4,5)(H,6,7). The van der Waals surface area contributed by atoms with E-state index in [1.165, 1.54) is 6.92 Å². The summed E-state index contributed by atoms with van der Waals surface area (Å²) in [4.78, 5) is 10.0. The first-order valence-electron chi connectivity index (χ1n) is 1.94. The second-order valence-electron chi connectivity index (χ2n) is 1.32. The normalized spacial score (nSPS) is 17.2. The van der Waals surface area contributed by atoms with Gasteiger partial charge in [0.1, 0.15) is 5.25 Å². The van der Waals surface area contributed by atoms with Crippen LogP contribution in [0.1, 0.15) is 6.92 Å². The van der Waals surface area contributed by atoms with Gasteiger partial charge in [-0.05, 0) is 6.92 Å². The van der Waals surface area contributed by atoms with Gasteiger partial charge in [-0.25, -0.2) is 4.21 Å². The Morgan fingerprint density at radius 1 is 1.88 bits per heavy atom. The van der Waals surface area contributed by atoms with E-state index in [0.29, 0.717) is 0 Å². The van der Waals surface area contributed by atoms with Crippen LogP contribution in [0.3, 0.4) is 0 Å². The van der Waals surface area contributed by atoms with Crippen molar-refractivity contribution in [2.24, 2.45) is 5.73 Å². The zero-order valence-corrected chi connectivity index (χ0v) is 5.14. The van der Waals surface area contributed by atoms with E-state index in [4.69, 9.17) is 4.55 Å². The Morgan fingerprint density at radius 2 is 2.25 bits per heavy atom. The lowest BCUT2D eigenvalue weighted by Crippen LogP contribution is -2.29. The van der Waals surface area contributed by atoms with Crippen LogP contribution in [0.2, 0.25) is 0 Å². The molecule has 0 aromatic rings.